The first kappa shape index (κ1) is 18.0. The van der Waals surface area contributed by atoms with Crippen molar-refractivity contribution < 1.29 is 9.53 Å². The van der Waals surface area contributed by atoms with Crippen molar-refractivity contribution in [3.8, 4) is 17.3 Å². The van der Waals surface area contributed by atoms with Crippen LogP contribution in [-0.2, 0) is 11.3 Å². The molecule has 1 aliphatic carbocycles. The van der Waals surface area contributed by atoms with Gasteiger partial charge in [0.05, 0.1) is 12.3 Å². The average molecular weight is 357 g/mol. The van der Waals surface area contributed by atoms with E-state index >= 15 is 0 Å². The van der Waals surface area contributed by atoms with Crippen LogP contribution < -0.4 is 15.6 Å². The first-order chi connectivity index (χ1) is 12.5. The van der Waals surface area contributed by atoms with Crippen molar-refractivity contribution in [3.63, 3.8) is 0 Å². The number of carbonyl (C=O) groups excluding carboxylic acids is 1. The van der Waals surface area contributed by atoms with Gasteiger partial charge in [-0.25, -0.2) is 14.6 Å². The highest BCUT2D eigenvalue weighted by atomic mass is 16.5. The highest BCUT2D eigenvalue weighted by molar-refractivity contribution is 5.76. The Morgan fingerprint density at radius 1 is 1.31 bits per heavy atom. The Balaban J connectivity index is 1.69. The van der Waals surface area contributed by atoms with E-state index in [4.69, 9.17) is 4.74 Å². The molecule has 2 aromatic heterocycles. The van der Waals surface area contributed by atoms with Crippen LogP contribution in [0.5, 0.6) is 6.01 Å². The van der Waals surface area contributed by atoms with E-state index in [0.717, 1.165) is 23.9 Å². The zero-order chi connectivity index (χ0) is 18.5. The van der Waals surface area contributed by atoms with Crippen molar-refractivity contribution >= 4 is 5.91 Å². The predicted octanol–water partition coefficient (Wildman–Crippen LogP) is 1.40. The van der Waals surface area contributed by atoms with Crippen LogP contribution in [-0.4, -0.2) is 38.3 Å². The first-order valence-corrected chi connectivity index (χ1v) is 8.84. The molecule has 0 atom stereocenters. The van der Waals surface area contributed by atoms with Crippen molar-refractivity contribution in [3.05, 3.63) is 34.9 Å². The van der Waals surface area contributed by atoms with Crippen molar-refractivity contribution in [1.82, 2.24) is 25.1 Å². The molecule has 1 fully saturated rings. The van der Waals surface area contributed by atoms with E-state index in [2.05, 4.69) is 20.4 Å². The van der Waals surface area contributed by atoms with Gasteiger partial charge in [-0.2, -0.15) is 5.10 Å². The zero-order valence-electron chi connectivity index (χ0n) is 15.0. The lowest BCUT2D eigenvalue weighted by Gasteiger charge is -2.26. The standard InChI is InChI=1S/C18H23N5O3/c1-12(2)11-26-18-19-8-13(9-20-18)15-6-7-17(25)23(22-15)10-16(24)21-14-4-3-5-14/h6-9,12,14H,3-5,10-11H2,1-2H3,(H,21,24). The van der Waals surface area contributed by atoms with Gasteiger partial charge in [0.25, 0.3) is 5.56 Å². The minimum atomic E-state index is -0.324. The second-order valence-electron chi connectivity index (χ2n) is 6.87. The summed E-state index contributed by atoms with van der Waals surface area (Å²) < 4.78 is 6.62. The quantitative estimate of drug-likeness (QED) is 0.804. The van der Waals surface area contributed by atoms with Gasteiger partial charge in [0.15, 0.2) is 0 Å². The topological polar surface area (TPSA) is 99.0 Å². The van der Waals surface area contributed by atoms with E-state index in [1.54, 1.807) is 18.5 Å². The maximum Gasteiger partial charge on any atom is 0.316 e. The molecule has 8 heteroatoms. The molecule has 2 aromatic rings. The summed E-state index contributed by atoms with van der Waals surface area (Å²) in [5.74, 6) is 0.185. The molecule has 0 spiro atoms. The summed E-state index contributed by atoms with van der Waals surface area (Å²) in [6.45, 7) is 4.53. The molecule has 1 saturated carbocycles. The molecule has 138 valence electrons. The van der Waals surface area contributed by atoms with Gasteiger partial charge in [-0.15, -0.1) is 0 Å². The predicted molar refractivity (Wildman–Crippen MR) is 95.6 cm³/mol. The molecule has 2 heterocycles. The molecule has 8 nitrogen and oxygen atoms in total. The number of amides is 1. The minimum Gasteiger partial charge on any atom is -0.463 e. The Morgan fingerprint density at radius 3 is 2.65 bits per heavy atom. The minimum absolute atomic E-state index is 0.0976. The van der Waals surface area contributed by atoms with Crippen LogP contribution in [0, 0.1) is 5.92 Å². The fourth-order valence-electron chi connectivity index (χ4n) is 2.44. The highest BCUT2D eigenvalue weighted by Gasteiger charge is 2.19. The summed E-state index contributed by atoms with van der Waals surface area (Å²) in [5.41, 5.74) is 0.849. The van der Waals surface area contributed by atoms with E-state index in [1.807, 2.05) is 13.8 Å². The smallest absolute Gasteiger partial charge is 0.316 e. The lowest BCUT2D eigenvalue weighted by atomic mass is 9.93. The van der Waals surface area contributed by atoms with Crippen LogP contribution in [0.3, 0.4) is 0 Å². The van der Waals surface area contributed by atoms with Gasteiger partial charge in [-0.1, -0.05) is 13.8 Å². The Bertz CT molecular complexity index is 812. The van der Waals surface area contributed by atoms with Crippen LogP contribution in [0.1, 0.15) is 33.1 Å². The number of ether oxygens (including phenoxy) is 1. The van der Waals surface area contributed by atoms with E-state index in [1.165, 1.54) is 6.07 Å². The number of rotatable bonds is 7. The monoisotopic (exact) mass is 357 g/mol. The van der Waals surface area contributed by atoms with E-state index in [0.29, 0.717) is 29.8 Å². The third kappa shape index (κ3) is 4.65. The van der Waals surface area contributed by atoms with Crippen LogP contribution in [0.25, 0.3) is 11.3 Å². The van der Waals surface area contributed by atoms with Gasteiger partial charge in [0.1, 0.15) is 6.54 Å². The van der Waals surface area contributed by atoms with Gasteiger partial charge < -0.3 is 10.1 Å². The van der Waals surface area contributed by atoms with Crippen molar-refractivity contribution in [2.24, 2.45) is 5.92 Å². The molecule has 1 aliphatic rings. The molecular formula is C18H23N5O3. The van der Waals surface area contributed by atoms with E-state index in [-0.39, 0.29) is 24.1 Å². The fourth-order valence-corrected chi connectivity index (χ4v) is 2.44. The van der Waals surface area contributed by atoms with Crippen molar-refractivity contribution in [2.75, 3.05) is 6.61 Å². The molecule has 0 unspecified atom stereocenters. The Labute approximate surface area is 151 Å². The first-order valence-electron chi connectivity index (χ1n) is 8.84. The third-order valence-electron chi connectivity index (χ3n) is 4.10. The fraction of sp³-hybridized carbons (Fsp3) is 0.500. The summed E-state index contributed by atoms with van der Waals surface area (Å²) in [5, 5.41) is 7.16. The Hall–Kier alpha value is -2.77. The lowest BCUT2D eigenvalue weighted by Crippen LogP contribution is -2.42. The normalized spacial score (nSPS) is 14.1. The third-order valence-corrected chi connectivity index (χ3v) is 4.10. The summed E-state index contributed by atoms with van der Waals surface area (Å²) in [6.07, 6.45) is 6.31. The van der Waals surface area contributed by atoms with Gasteiger partial charge >= 0.3 is 6.01 Å². The van der Waals surface area contributed by atoms with E-state index in [9.17, 15) is 9.59 Å². The van der Waals surface area contributed by atoms with Crippen molar-refractivity contribution in [2.45, 2.75) is 45.7 Å². The maximum absolute atomic E-state index is 12.0. The highest BCUT2D eigenvalue weighted by Crippen LogP contribution is 2.18. The van der Waals surface area contributed by atoms with Gasteiger partial charge in [0, 0.05) is 30.1 Å². The zero-order valence-corrected chi connectivity index (χ0v) is 15.0. The number of hydrogen-bond acceptors (Lipinski definition) is 6. The second kappa shape index (κ2) is 8.07. The maximum atomic E-state index is 12.0. The Kier molecular flexibility index (Phi) is 5.60. The molecule has 26 heavy (non-hydrogen) atoms. The second-order valence-corrected chi connectivity index (χ2v) is 6.87. The molecule has 1 amide bonds. The number of carbonyl (C=O) groups is 1. The Morgan fingerprint density at radius 2 is 2.04 bits per heavy atom. The molecule has 0 aromatic carbocycles. The summed E-state index contributed by atoms with van der Waals surface area (Å²) >= 11 is 0. The molecule has 0 radical (unpaired) electrons. The molecular weight excluding hydrogens is 334 g/mol. The SMILES string of the molecule is CC(C)COc1ncc(-c2ccc(=O)n(CC(=O)NC3CCC3)n2)cn1. The average Bonchev–Trinajstić information content (AvgIpc) is 2.59. The molecule has 0 bridgehead atoms. The molecule has 1 N–H and O–H groups in total. The van der Waals surface area contributed by atoms with Gasteiger partial charge in [-0.3, -0.25) is 9.59 Å². The van der Waals surface area contributed by atoms with Crippen LogP contribution in [0.15, 0.2) is 29.3 Å². The number of nitrogens with zero attached hydrogens (tertiary/aromatic N) is 4. The summed E-state index contributed by atoms with van der Waals surface area (Å²) in [7, 11) is 0. The van der Waals surface area contributed by atoms with Gasteiger partial charge in [-0.05, 0) is 31.2 Å². The van der Waals surface area contributed by atoms with Crippen LogP contribution in [0.4, 0.5) is 0 Å². The largest absolute Gasteiger partial charge is 0.463 e. The molecule has 0 saturated heterocycles. The lowest BCUT2D eigenvalue weighted by molar-refractivity contribution is -0.123. The van der Waals surface area contributed by atoms with Crippen LogP contribution in [0.2, 0.25) is 0 Å². The van der Waals surface area contributed by atoms with Gasteiger partial charge in [0.2, 0.25) is 5.91 Å². The summed E-state index contributed by atoms with van der Waals surface area (Å²) in [4.78, 5) is 32.3. The molecule has 0 aliphatic heterocycles. The van der Waals surface area contributed by atoms with Crippen molar-refractivity contribution in [1.29, 1.82) is 0 Å². The number of aromatic nitrogens is 4. The molecule has 3 rings (SSSR count). The van der Waals surface area contributed by atoms with Crippen LogP contribution >= 0.6 is 0 Å². The van der Waals surface area contributed by atoms with E-state index < -0.39 is 0 Å². The summed E-state index contributed by atoms with van der Waals surface area (Å²) in [6, 6.07) is 3.52. The number of hydrogen-bond donors (Lipinski definition) is 1. The number of nitrogens with one attached hydrogen (secondary N) is 1.